The minimum Gasteiger partial charge on any atom is -0.383 e. The molecule has 21 heavy (non-hydrogen) atoms. The first-order chi connectivity index (χ1) is 10.2. The van der Waals surface area contributed by atoms with Crippen LogP contribution in [0.3, 0.4) is 0 Å². The molecule has 1 aromatic carbocycles. The van der Waals surface area contributed by atoms with Crippen LogP contribution < -0.4 is 10.6 Å². The number of aromatic nitrogens is 2. The van der Waals surface area contributed by atoms with Gasteiger partial charge in [0.2, 0.25) is 0 Å². The Bertz CT molecular complexity index is 602. The van der Waals surface area contributed by atoms with Gasteiger partial charge >= 0.3 is 0 Å². The number of benzene rings is 1. The molecule has 0 aliphatic heterocycles. The van der Waals surface area contributed by atoms with E-state index in [1.807, 2.05) is 23.0 Å². The van der Waals surface area contributed by atoms with Crippen LogP contribution in [0, 0.1) is 0 Å². The third kappa shape index (κ3) is 5.45. The molecule has 0 amide bonds. The number of halogens is 1. The second kappa shape index (κ2) is 8.11. The van der Waals surface area contributed by atoms with Gasteiger partial charge in [0.25, 0.3) is 0 Å². The van der Waals surface area contributed by atoms with Gasteiger partial charge in [-0.3, -0.25) is 4.68 Å². The number of hydrogen-bond donors (Lipinski definition) is 2. The highest BCUT2D eigenvalue weighted by molar-refractivity contribution is 9.10. The van der Waals surface area contributed by atoms with E-state index in [1.54, 1.807) is 13.3 Å². The summed E-state index contributed by atoms with van der Waals surface area (Å²) in [6.07, 6.45) is 3.72. The van der Waals surface area contributed by atoms with Gasteiger partial charge in [-0.15, -0.1) is 0 Å². The summed E-state index contributed by atoms with van der Waals surface area (Å²) in [7, 11) is 1.66. The second-order valence-electron chi connectivity index (χ2n) is 4.43. The van der Waals surface area contributed by atoms with Crippen molar-refractivity contribution in [3.63, 3.8) is 0 Å². The van der Waals surface area contributed by atoms with Gasteiger partial charge in [-0.25, -0.2) is 0 Å². The Balaban J connectivity index is 1.92. The molecule has 1 heterocycles. The van der Waals surface area contributed by atoms with Crippen molar-refractivity contribution in [3.8, 4) is 0 Å². The van der Waals surface area contributed by atoms with Crippen molar-refractivity contribution in [2.24, 2.45) is 0 Å². The van der Waals surface area contributed by atoms with Crippen molar-refractivity contribution >= 4 is 38.9 Å². The lowest BCUT2D eigenvalue weighted by atomic mass is 10.2. The van der Waals surface area contributed by atoms with Crippen molar-refractivity contribution in [3.05, 3.63) is 46.7 Å². The van der Waals surface area contributed by atoms with Crippen LogP contribution in [-0.4, -0.2) is 35.2 Å². The van der Waals surface area contributed by atoms with Gasteiger partial charge in [-0.2, -0.15) is 5.10 Å². The van der Waals surface area contributed by atoms with E-state index in [1.165, 1.54) is 0 Å². The summed E-state index contributed by atoms with van der Waals surface area (Å²) in [6, 6.07) is 8.09. The summed E-state index contributed by atoms with van der Waals surface area (Å²) in [6.45, 7) is 2.02. The van der Waals surface area contributed by atoms with Gasteiger partial charge in [0.1, 0.15) is 0 Å². The molecule has 2 aromatic rings. The van der Waals surface area contributed by atoms with Crippen LogP contribution in [0.15, 0.2) is 41.1 Å². The maximum absolute atomic E-state index is 5.22. The zero-order valence-corrected chi connectivity index (χ0v) is 14.1. The van der Waals surface area contributed by atoms with E-state index in [9.17, 15) is 0 Å². The van der Waals surface area contributed by atoms with E-state index in [-0.39, 0.29) is 0 Å². The van der Waals surface area contributed by atoms with E-state index in [0.717, 1.165) is 15.7 Å². The van der Waals surface area contributed by atoms with Crippen molar-refractivity contribution in [1.82, 2.24) is 15.1 Å². The third-order valence-corrected chi connectivity index (χ3v) is 3.38. The molecular weight excluding hydrogens is 352 g/mol. The van der Waals surface area contributed by atoms with Gasteiger partial charge in [0, 0.05) is 25.5 Å². The van der Waals surface area contributed by atoms with Crippen molar-refractivity contribution < 1.29 is 4.74 Å². The summed E-state index contributed by atoms with van der Waals surface area (Å²) in [5, 5.41) is 11.1. The summed E-state index contributed by atoms with van der Waals surface area (Å²) in [5.74, 6) is 0. The number of methoxy groups -OCH3 is 1. The van der Waals surface area contributed by atoms with Gasteiger partial charge in [0.05, 0.1) is 23.8 Å². The first-order valence-electron chi connectivity index (χ1n) is 6.48. The number of thiocarbonyl (C=S) groups is 1. The molecule has 7 heteroatoms. The Morgan fingerprint density at radius 3 is 3.05 bits per heavy atom. The molecule has 0 fully saturated rings. The van der Waals surface area contributed by atoms with Crippen LogP contribution in [0.5, 0.6) is 0 Å². The van der Waals surface area contributed by atoms with E-state index >= 15 is 0 Å². The predicted octanol–water partition coefficient (Wildman–Crippen LogP) is 2.63. The Hall–Kier alpha value is -1.44. The largest absolute Gasteiger partial charge is 0.383 e. The van der Waals surface area contributed by atoms with Crippen LogP contribution in [0.1, 0.15) is 5.56 Å². The lowest BCUT2D eigenvalue weighted by Crippen LogP contribution is -2.31. The molecule has 0 radical (unpaired) electrons. The first kappa shape index (κ1) is 15.9. The molecule has 0 bridgehead atoms. The standard InChI is InChI=1S/C14H17BrN4OS/c1-20-6-5-16-14(21)18-13-4-2-3-11(7-13)9-19-10-12(15)8-17-19/h2-4,7-8,10H,5-6,9H2,1H3,(H2,16,18,21). The molecule has 0 unspecified atom stereocenters. The monoisotopic (exact) mass is 368 g/mol. The topological polar surface area (TPSA) is 51.1 Å². The lowest BCUT2D eigenvalue weighted by Gasteiger charge is -2.11. The Kier molecular flexibility index (Phi) is 6.16. The highest BCUT2D eigenvalue weighted by Gasteiger charge is 2.01. The molecular formula is C14H17BrN4OS. The van der Waals surface area contributed by atoms with Crippen LogP contribution in [-0.2, 0) is 11.3 Å². The molecule has 0 saturated heterocycles. The molecule has 0 saturated carbocycles. The van der Waals surface area contributed by atoms with Gasteiger partial charge in [-0.1, -0.05) is 12.1 Å². The summed E-state index contributed by atoms with van der Waals surface area (Å²) in [5.41, 5.74) is 2.10. The van der Waals surface area contributed by atoms with Crippen molar-refractivity contribution in [1.29, 1.82) is 0 Å². The summed E-state index contributed by atoms with van der Waals surface area (Å²) < 4.78 is 7.81. The maximum Gasteiger partial charge on any atom is 0.170 e. The molecule has 5 nitrogen and oxygen atoms in total. The van der Waals surface area contributed by atoms with Gasteiger partial charge < -0.3 is 15.4 Å². The zero-order chi connectivity index (χ0) is 15.1. The molecule has 1 aromatic heterocycles. The third-order valence-electron chi connectivity index (χ3n) is 2.72. The zero-order valence-electron chi connectivity index (χ0n) is 11.7. The smallest absolute Gasteiger partial charge is 0.170 e. The molecule has 2 rings (SSSR count). The maximum atomic E-state index is 5.22. The quantitative estimate of drug-likeness (QED) is 0.606. The fourth-order valence-electron chi connectivity index (χ4n) is 1.80. The molecule has 0 aliphatic rings. The Morgan fingerprint density at radius 1 is 1.48 bits per heavy atom. The predicted molar refractivity (Wildman–Crippen MR) is 91.6 cm³/mol. The van der Waals surface area contributed by atoms with E-state index in [2.05, 4.69) is 43.8 Å². The molecule has 2 N–H and O–H groups in total. The van der Waals surface area contributed by atoms with Crippen LogP contribution in [0.4, 0.5) is 5.69 Å². The molecule has 0 atom stereocenters. The SMILES string of the molecule is COCCNC(=S)Nc1cccc(Cn2cc(Br)cn2)c1. The van der Waals surface area contributed by atoms with E-state index < -0.39 is 0 Å². The normalized spacial score (nSPS) is 10.4. The highest BCUT2D eigenvalue weighted by atomic mass is 79.9. The molecule has 0 spiro atoms. The number of nitrogens with zero attached hydrogens (tertiary/aromatic N) is 2. The number of nitrogens with one attached hydrogen (secondary N) is 2. The molecule has 0 aliphatic carbocycles. The highest BCUT2D eigenvalue weighted by Crippen LogP contribution is 2.13. The van der Waals surface area contributed by atoms with E-state index in [4.69, 9.17) is 17.0 Å². The minimum atomic E-state index is 0.589. The number of ether oxygens (including phenoxy) is 1. The van der Waals surface area contributed by atoms with Crippen molar-refractivity contribution in [2.75, 3.05) is 25.6 Å². The van der Waals surface area contributed by atoms with Crippen molar-refractivity contribution in [2.45, 2.75) is 6.54 Å². The molecule has 112 valence electrons. The van der Waals surface area contributed by atoms with Gasteiger partial charge in [0.15, 0.2) is 5.11 Å². The average molecular weight is 369 g/mol. The summed E-state index contributed by atoms with van der Waals surface area (Å²) >= 11 is 8.62. The van der Waals surface area contributed by atoms with Crippen LogP contribution in [0.2, 0.25) is 0 Å². The number of anilines is 1. The average Bonchev–Trinajstić information content (AvgIpc) is 2.85. The fraction of sp³-hybridized carbons (Fsp3) is 0.286. The lowest BCUT2D eigenvalue weighted by molar-refractivity contribution is 0.204. The second-order valence-corrected chi connectivity index (χ2v) is 5.75. The fourth-order valence-corrected chi connectivity index (χ4v) is 2.35. The van der Waals surface area contributed by atoms with E-state index in [0.29, 0.717) is 24.8 Å². The van der Waals surface area contributed by atoms with Gasteiger partial charge in [-0.05, 0) is 45.8 Å². The van der Waals surface area contributed by atoms with Crippen LogP contribution in [0.25, 0.3) is 0 Å². The first-order valence-corrected chi connectivity index (χ1v) is 7.68. The Labute approximate surface area is 137 Å². The minimum absolute atomic E-state index is 0.589. The Morgan fingerprint density at radius 2 is 2.33 bits per heavy atom. The number of rotatable bonds is 6. The van der Waals surface area contributed by atoms with Crippen LogP contribution >= 0.6 is 28.1 Å². The summed E-state index contributed by atoms with van der Waals surface area (Å²) in [4.78, 5) is 0. The number of hydrogen-bond acceptors (Lipinski definition) is 3.